The normalized spacial score (nSPS) is 12.9. The van der Waals surface area contributed by atoms with Crippen molar-refractivity contribution in [3.63, 3.8) is 0 Å². The van der Waals surface area contributed by atoms with Crippen molar-refractivity contribution in [1.82, 2.24) is 10.2 Å². The minimum absolute atomic E-state index is 0.0460. The third-order valence-electron chi connectivity index (χ3n) is 5.04. The lowest BCUT2D eigenvalue weighted by Gasteiger charge is -2.31. The molecular formula is C23H27ClF2N2O2. The van der Waals surface area contributed by atoms with E-state index in [1.54, 1.807) is 12.1 Å². The molecule has 2 rings (SSSR count). The Hall–Kier alpha value is -2.47. The average Bonchev–Trinajstić information content (AvgIpc) is 2.71. The van der Waals surface area contributed by atoms with Crippen LogP contribution in [0, 0.1) is 11.6 Å². The molecule has 2 aromatic carbocycles. The van der Waals surface area contributed by atoms with E-state index in [1.807, 2.05) is 20.8 Å². The molecule has 7 heteroatoms. The summed E-state index contributed by atoms with van der Waals surface area (Å²) in [6.07, 6.45) is 0.846. The molecule has 0 aliphatic rings. The van der Waals surface area contributed by atoms with Crippen molar-refractivity contribution in [1.29, 1.82) is 0 Å². The summed E-state index contributed by atoms with van der Waals surface area (Å²) >= 11 is 6.09. The van der Waals surface area contributed by atoms with Gasteiger partial charge in [0.05, 0.1) is 6.42 Å². The maximum atomic E-state index is 14.2. The lowest BCUT2D eigenvalue weighted by atomic mass is 10.1. The van der Waals surface area contributed by atoms with Crippen LogP contribution in [0.3, 0.4) is 0 Å². The van der Waals surface area contributed by atoms with Crippen LogP contribution in [0.25, 0.3) is 0 Å². The van der Waals surface area contributed by atoms with Crippen molar-refractivity contribution in [2.24, 2.45) is 0 Å². The molecule has 0 spiro atoms. The number of hydrogen-bond donors (Lipinski definition) is 1. The molecule has 0 aromatic heterocycles. The highest BCUT2D eigenvalue weighted by atomic mass is 35.5. The maximum Gasteiger partial charge on any atom is 0.243 e. The van der Waals surface area contributed by atoms with Crippen molar-refractivity contribution in [3.05, 3.63) is 70.2 Å². The number of amides is 2. The number of nitrogens with zero attached hydrogens (tertiary/aromatic N) is 1. The smallest absolute Gasteiger partial charge is 0.243 e. The molecule has 4 nitrogen and oxygen atoms in total. The lowest BCUT2D eigenvalue weighted by molar-refractivity contribution is -0.141. The molecule has 0 fully saturated rings. The molecule has 1 N–H and O–H groups in total. The zero-order valence-electron chi connectivity index (χ0n) is 17.4. The van der Waals surface area contributed by atoms with Crippen LogP contribution in [-0.4, -0.2) is 28.8 Å². The van der Waals surface area contributed by atoms with Gasteiger partial charge in [0.15, 0.2) is 0 Å². The van der Waals surface area contributed by atoms with Gasteiger partial charge in [-0.1, -0.05) is 43.6 Å². The molecule has 2 atom stereocenters. The fraction of sp³-hybridized carbons (Fsp3) is 0.391. The maximum absolute atomic E-state index is 14.2. The van der Waals surface area contributed by atoms with Crippen molar-refractivity contribution in [2.75, 3.05) is 0 Å². The van der Waals surface area contributed by atoms with Crippen LogP contribution in [0.2, 0.25) is 5.02 Å². The molecule has 0 bridgehead atoms. The zero-order valence-corrected chi connectivity index (χ0v) is 18.2. The first kappa shape index (κ1) is 23.8. The lowest BCUT2D eigenvalue weighted by Crippen LogP contribution is -2.51. The molecule has 0 saturated carbocycles. The van der Waals surface area contributed by atoms with Crippen LogP contribution in [0.15, 0.2) is 42.5 Å². The topological polar surface area (TPSA) is 49.4 Å². The Morgan fingerprint density at radius 2 is 1.73 bits per heavy atom. The molecule has 0 unspecified atom stereocenters. The van der Waals surface area contributed by atoms with E-state index in [-0.39, 0.29) is 35.5 Å². The van der Waals surface area contributed by atoms with Crippen LogP contribution >= 0.6 is 11.6 Å². The molecule has 30 heavy (non-hydrogen) atoms. The third-order valence-corrected chi connectivity index (χ3v) is 5.40. The van der Waals surface area contributed by atoms with E-state index in [2.05, 4.69) is 5.32 Å². The van der Waals surface area contributed by atoms with Crippen molar-refractivity contribution in [2.45, 2.75) is 58.7 Å². The zero-order chi connectivity index (χ0) is 22.3. The van der Waals surface area contributed by atoms with E-state index >= 15 is 0 Å². The number of carbonyl (C=O) groups is 2. The van der Waals surface area contributed by atoms with Crippen molar-refractivity contribution in [3.8, 4) is 0 Å². The number of benzene rings is 2. The minimum Gasteiger partial charge on any atom is -0.352 e. The highest BCUT2D eigenvalue weighted by molar-refractivity contribution is 6.31. The van der Waals surface area contributed by atoms with Gasteiger partial charge in [0.2, 0.25) is 11.8 Å². The summed E-state index contributed by atoms with van der Waals surface area (Å²) in [5, 5.41) is 3.06. The van der Waals surface area contributed by atoms with Gasteiger partial charge in [-0.25, -0.2) is 8.78 Å². The van der Waals surface area contributed by atoms with Crippen molar-refractivity contribution >= 4 is 23.4 Å². The summed E-state index contributed by atoms with van der Waals surface area (Å²) in [6, 6.07) is 9.15. The molecule has 0 radical (unpaired) electrons. The van der Waals surface area contributed by atoms with Gasteiger partial charge < -0.3 is 10.2 Å². The van der Waals surface area contributed by atoms with Crippen LogP contribution in [0.5, 0.6) is 0 Å². The van der Waals surface area contributed by atoms with E-state index in [1.165, 1.54) is 35.2 Å². The van der Waals surface area contributed by atoms with Gasteiger partial charge in [-0.15, -0.1) is 0 Å². The van der Waals surface area contributed by atoms with Crippen LogP contribution in [0.1, 0.15) is 44.7 Å². The Kier molecular flexibility index (Phi) is 8.78. The van der Waals surface area contributed by atoms with Gasteiger partial charge in [-0.05, 0) is 49.6 Å². The number of nitrogens with one attached hydrogen (secondary N) is 1. The van der Waals surface area contributed by atoms with E-state index in [0.29, 0.717) is 12.0 Å². The summed E-state index contributed by atoms with van der Waals surface area (Å²) in [4.78, 5) is 27.5. The number of rotatable bonds is 9. The Bertz CT molecular complexity index is 854. The molecule has 2 aromatic rings. The van der Waals surface area contributed by atoms with E-state index in [0.717, 1.165) is 6.42 Å². The van der Waals surface area contributed by atoms with Gasteiger partial charge in [-0.3, -0.25) is 9.59 Å². The third kappa shape index (κ3) is 6.26. The summed E-state index contributed by atoms with van der Waals surface area (Å²) in [5.74, 6) is -1.68. The second kappa shape index (κ2) is 11.1. The van der Waals surface area contributed by atoms with E-state index < -0.39 is 23.6 Å². The molecule has 0 saturated heterocycles. The Labute approximate surface area is 181 Å². The Morgan fingerprint density at radius 1 is 1.07 bits per heavy atom. The monoisotopic (exact) mass is 436 g/mol. The highest BCUT2D eigenvalue weighted by Gasteiger charge is 2.30. The van der Waals surface area contributed by atoms with E-state index in [4.69, 9.17) is 11.6 Å². The van der Waals surface area contributed by atoms with Gasteiger partial charge in [0.1, 0.15) is 17.7 Å². The van der Waals surface area contributed by atoms with Crippen LogP contribution in [0.4, 0.5) is 8.78 Å². The Balaban J connectivity index is 2.34. The van der Waals surface area contributed by atoms with Crippen LogP contribution < -0.4 is 5.32 Å². The van der Waals surface area contributed by atoms with Crippen LogP contribution in [-0.2, 0) is 22.6 Å². The SMILES string of the molecule is CC[C@@H](C)NC(=O)[C@@H](CC)N(Cc1ccc(F)cc1)C(=O)Cc1c(F)cccc1Cl. The standard InChI is InChI=1S/C23H27ClF2N2O2/c1-4-15(3)27-23(30)21(5-2)28(14-16-9-11-17(25)12-10-16)22(29)13-18-19(24)7-6-8-20(18)26/h6-12,15,21H,4-5,13-14H2,1-3H3,(H,27,30)/t15-,21-/m1/s1. The second-order valence-electron chi connectivity index (χ2n) is 7.27. The largest absolute Gasteiger partial charge is 0.352 e. The van der Waals surface area contributed by atoms with Gasteiger partial charge >= 0.3 is 0 Å². The van der Waals surface area contributed by atoms with Gasteiger partial charge in [0.25, 0.3) is 0 Å². The summed E-state index contributed by atoms with van der Waals surface area (Å²) < 4.78 is 27.5. The Morgan fingerprint density at radius 3 is 2.30 bits per heavy atom. The summed E-state index contributed by atoms with van der Waals surface area (Å²) in [7, 11) is 0. The number of halogens is 3. The predicted molar refractivity (Wildman–Crippen MR) is 114 cm³/mol. The second-order valence-corrected chi connectivity index (χ2v) is 7.67. The summed E-state index contributed by atoms with van der Waals surface area (Å²) in [6.45, 7) is 5.74. The fourth-order valence-electron chi connectivity index (χ4n) is 3.10. The fourth-order valence-corrected chi connectivity index (χ4v) is 3.33. The van der Waals surface area contributed by atoms with Gasteiger partial charge in [0, 0.05) is 23.2 Å². The first-order chi connectivity index (χ1) is 14.3. The number of carbonyl (C=O) groups excluding carboxylic acids is 2. The predicted octanol–water partition coefficient (Wildman–Crippen LogP) is 4.88. The molecular weight excluding hydrogens is 410 g/mol. The first-order valence-electron chi connectivity index (χ1n) is 10.0. The molecule has 0 aliphatic carbocycles. The van der Waals surface area contributed by atoms with Crippen molar-refractivity contribution < 1.29 is 18.4 Å². The molecule has 2 amide bonds. The highest BCUT2D eigenvalue weighted by Crippen LogP contribution is 2.22. The molecule has 162 valence electrons. The molecule has 0 aliphatic heterocycles. The summed E-state index contributed by atoms with van der Waals surface area (Å²) in [5.41, 5.74) is 0.754. The van der Waals surface area contributed by atoms with Gasteiger partial charge in [-0.2, -0.15) is 0 Å². The first-order valence-corrected chi connectivity index (χ1v) is 10.4. The molecule has 0 heterocycles. The van der Waals surface area contributed by atoms with E-state index in [9.17, 15) is 18.4 Å². The minimum atomic E-state index is -0.748. The average molecular weight is 437 g/mol. The number of hydrogen-bond acceptors (Lipinski definition) is 2. The quantitative estimate of drug-likeness (QED) is 0.608.